The Labute approximate surface area is 92.1 Å². The molecule has 0 fully saturated rings. The molecule has 0 aliphatic heterocycles. The highest BCUT2D eigenvalue weighted by Gasteiger charge is 2.00. The second-order valence-corrected chi connectivity index (χ2v) is 3.63. The van der Waals surface area contributed by atoms with Crippen molar-refractivity contribution >= 4 is 27.5 Å². The molecule has 0 aromatic heterocycles. The predicted octanol–water partition coefficient (Wildman–Crippen LogP) is 2.86. The topological polar surface area (TPSA) is 47.6 Å². The summed E-state index contributed by atoms with van der Waals surface area (Å²) in [6.07, 6.45) is 0.748. The average molecular weight is 257 g/mol. The summed E-state index contributed by atoms with van der Waals surface area (Å²) in [4.78, 5) is 4.22. The van der Waals surface area contributed by atoms with E-state index in [1.807, 2.05) is 25.1 Å². The molecule has 0 bridgehead atoms. The molecule has 3 nitrogen and oxygen atoms in total. The maximum absolute atomic E-state index is 5.63. The van der Waals surface area contributed by atoms with E-state index in [1.54, 1.807) is 7.11 Å². The molecule has 14 heavy (non-hydrogen) atoms. The molecule has 0 atom stereocenters. The van der Waals surface area contributed by atoms with Crippen LogP contribution in [0.5, 0.6) is 5.75 Å². The van der Waals surface area contributed by atoms with Gasteiger partial charge in [0.25, 0.3) is 0 Å². The van der Waals surface area contributed by atoms with Gasteiger partial charge in [0.2, 0.25) is 0 Å². The minimum Gasteiger partial charge on any atom is -0.495 e. The second-order valence-electron chi connectivity index (χ2n) is 2.78. The number of halogens is 1. The van der Waals surface area contributed by atoms with Crippen LogP contribution in [-0.2, 0) is 0 Å². The van der Waals surface area contributed by atoms with Gasteiger partial charge in [-0.15, -0.1) is 0 Å². The molecule has 0 saturated carbocycles. The summed E-state index contributed by atoms with van der Waals surface area (Å²) in [6.45, 7) is 1.97. The summed E-state index contributed by atoms with van der Waals surface area (Å²) in [6, 6.07) is 5.61. The van der Waals surface area contributed by atoms with Crippen molar-refractivity contribution in [3.63, 3.8) is 0 Å². The van der Waals surface area contributed by atoms with Crippen LogP contribution in [-0.4, -0.2) is 12.9 Å². The largest absolute Gasteiger partial charge is 0.495 e. The van der Waals surface area contributed by atoms with Gasteiger partial charge in [0.1, 0.15) is 5.75 Å². The highest BCUT2D eigenvalue weighted by Crippen LogP contribution is 2.29. The Bertz CT molecular complexity index is 350. The van der Waals surface area contributed by atoms with Crippen LogP contribution in [0.2, 0.25) is 0 Å². The molecule has 4 heteroatoms. The Morgan fingerprint density at radius 2 is 2.29 bits per heavy atom. The first-order valence-electron chi connectivity index (χ1n) is 4.34. The molecule has 0 spiro atoms. The first-order chi connectivity index (χ1) is 6.67. The molecule has 0 saturated heterocycles. The van der Waals surface area contributed by atoms with E-state index in [4.69, 9.17) is 10.5 Å². The molecule has 0 unspecified atom stereocenters. The molecule has 0 heterocycles. The fraction of sp³-hybridized carbons (Fsp3) is 0.300. The van der Waals surface area contributed by atoms with Gasteiger partial charge in [0.05, 0.1) is 23.1 Å². The van der Waals surface area contributed by atoms with E-state index in [-0.39, 0.29) is 0 Å². The van der Waals surface area contributed by atoms with Crippen molar-refractivity contribution in [3.05, 3.63) is 22.7 Å². The number of benzene rings is 1. The molecule has 0 radical (unpaired) electrons. The number of amidine groups is 1. The second kappa shape index (κ2) is 5.00. The Kier molecular flexibility index (Phi) is 3.95. The monoisotopic (exact) mass is 256 g/mol. The number of nitrogens with zero attached hydrogens (tertiary/aromatic N) is 1. The summed E-state index contributed by atoms with van der Waals surface area (Å²) < 4.78 is 6.06. The molecule has 1 aromatic carbocycles. The van der Waals surface area contributed by atoms with Crippen molar-refractivity contribution in [2.75, 3.05) is 7.11 Å². The van der Waals surface area contributed by atoms with Crippen LogP contribution in [0, 0.1) is 0 Å². The van der Waals surface area contributed by atoms with E-state index < -0.39 is 0 Å². The number of rotatable bonds is 3. The lowest BCUT2D eigenvalue weighted by atomic mass is 10.3. The maximum atomic E-state index is 5.63. The highest BCUT2D eigenvalue weighted by atomic mass is 79.9. The Balaban J connectivity index is 3.01. The van der Waals surface area contributed by atoms with Crippen molar-refractivity contribution < 1.29 is 4.74 Å². The predicted molar refractivity (Wildman–Crippen MR) is 62.3 cm³/mol. The average Bonchev–Trinajstić information content (AvgIpc) is 2.20. The van der Waals surface area contributed by atoms with E-state index in [9.17, 15) is 0 Å². The minimum absolute atomic E-state index is 0.620. The first kappa shape index (κ1) is 11.0. The third-order valence-electron chi connectivity index (χ3n) is 1.77. The van der Waals surface area contributed by atoms with Gasteiger partial charge in [0.15, 0.2) is 0 Å². The SMILES string of the molecule is CCC(N)=Nc1ccc(Br)c(OC)c1. The fourth-order valence-corrected chi connectivity index (χ4v) is 1.37. The molecule has 1 aromatic rings. The molecular weight excluding hydrogens is 244 g/mol. The van der Waals surface area contributed by atoms with E-state index in [0.717, 1.165) is 22.3 Å². The third-order valence-corrected chi connectivity index (χ3v) is 2.42. The normalized spacial score (nSPS) is 11.5. The minimum atomic E-state index is 0.620. The van der Waals surface area contributed by atoms with E-state index in [0.29, 0.717) is 5.84 Å². The van der Waals surface area contributed by atoms with Crippen LogP contribution < -0.4 is 10.5 Å². The van der Waals surface area contributed by atoms with Gasteiger partial charge < -0.3 is 10.5 Å². The van der Waals surface area contributed by atoms with Gasteiger partial charge in [-0.25, -0.2) is 4.99 Å². The van der Waals surface area contributed by atoms with Crippen LogP contribution in [0.15, 0.2) is 27.7 Å². The lowest BCUT2D eigenvalue weighted by Gasteiger charge is -2.04. The van der Waals surface area contributed by atoms with Crippen molar-refractivity contribution in [2.24, 2.45) is 10.7 Å². The van der Waals surface area contributed by atoms with Crippen molar-refractivity contribution in [3.8, 4) is 5.75 Å². The zero-order chi connectivity index (χ0) is 10.6. The van der Waals surface area contributed by atoms with Gasteiger partial charge in [-0.3, -0.25) is 0 Å². The van der Waals surface area contributed by atoms with Crippen LogP contribution in [0.4, 0.5) is 5.69 Å². The number of nitrogens with two attached hydrogens (primary N) is 1. The first-order valence-corrected chi connectivity index (χ1v) is 5.13. The number of hydrogen-bond acceptors (Lipinski definition) is 2. The van der Waals surface area contributed by atoms with Crippen LogP contribution in [0.1, 0.15) is 13.3 Å². The number of methoxy groups -OCH3 is 1. The highest BCUT2D eigenvalue weighted by molar-refractivity contribution is 9.10. The van der Waals surface area contributed by atoms with E-state index >= 15 is 0 Å². The van der Waals surface area contributed by atoms with Crippen LogP contribution >= 0.6 is 15.9 Å². The Hall–Kier alpha value is -1.03. The van der Waals surface area contributed by atoms with Crippen molar-refractivity contribution in [1.29, 1.82) is 0 Å². The summed E-state index contributed by atoms with van der Waals surface area (Å²) in [5.41, 5.74) is 6.44. The number of aliphatic imine (C=N–C) groups is 1. The lowest BCUT2D eigenvalue weighted by molar-refractivity contribution is 0.412. The number of ether oxygens (including phenoxy) is 1. The van der Waals surface area contributed by atoms with Crippen molar-refractivity contribution in [2.45, 2.75) is 13.3 Å². The van der Waals surface area contributed by atoms with Gasteiger partial charge in [-0.05, 0) is 28.1 Å². The molecule has 0 aliphatic rings. The molecule has 76 valence electrons. The summed E-state index contributed by atoms with van der Waals surface area (Å²) in [5, 5.41) is 0. The van der Waals surface area contributed by atoms with Gasteiger partial charge in [0, 0.05) is 12.5 Å². The standard InChI is InChI=1S/C10H13BrN2O/c1-3-10(12)13-7-4-5-8(11)9(6-7)14-2/h4-6H,3H2,1-2H3,(H2,12,13). The lowest BCUT2D eigenvalue weighted by Crippen LogP contribution is -2.08. The quantitative estimate of drug-likeness (QED) is 0.668. The molecule has 1 rings (SSSR count). The zero-order valence-corrected chi connectivity index (χ0v) is 9.84. The van der Waals surface area contributed by atoms with E-state index in [1.165, 1.54) is 0 Å². The van der Waals surface area contributed by atoms with Crippen LogP contribution in [0.25, 0.3) is 0 Å². The fourth-order valence-electron chi connectivity index (χ4n) is 0.963. The van der Waals surface area contributed by atoms with E-state index in [2.05, 4.69) is 20.9 Å². The van der Waals surface area contributed by atoms with Crippen LogP contribution in [0.3, 0.4) is 0 Å². The molecule has 2 N–H and O–H groups in total. The van der Waals surface area contributed by atoms with Crippen molar-refractivity contribution in [1.82, 2.24) is 0 Å². The Morgan fingerprint density at radius 3 is 2.86 bits per heavy atom. The number of hydrogen-bond donors (Lipinski definition) is 1. The third kappa shape index (κ3) is 2.73. The zero-order valence-electron chi connectivity index (χ0n) is 8.25. The molecule has 0 aliphatic carbocycles. The summed E-state index contributed by atoms with van der Waals surface area (Å²) >= 11 is 3.37. The molecular formula is C10H13BrN2O. The maximum Gasteiger partial charge on any atom is 0.135 e. The summed E-state index contributed by atoms with van der Waals surface area (Å²) in [5.74, 6) is 1.38. The van der Waals surface area contributed by atoms with Gasteiger partial charge in [-0.1, -0.05) is 6.92 Å². The molecule has 0 amide bonds. The van der Waals surface area contributed by atoms with Gasteiger partial charge >= 0.3 is 0 Å². The van der Waals surface area contributed by atoms with Gasteiger partial charge in [-0.2, -0.15) is 0 Å². The Morgan fingerprint density at radius 1 is 1.57 bits per heavy atom. The summed E-state index contributed by atoms with van der Waals surface area (Å²) in [7, 11) is 1.62. The smallest absolute Gasteiger partial charge is 0.135 e.